The highest BCUT2D eigenvalue weighted by molar-refractivity contribution is 6.10. The molecule has 3 heterocycles. The minimum atomic E-state index is -0.753. The second-order valence-corrected chi connectivity index (χ2v) is 6.64. The number of para-hydroxylation sites is 1. The molecule has 0 atom stereocenters. The largest absolute Gasteiger partial charge is 0.366 e. The number of benzene rings is 2. The number of anilines is 2. The maximum Gasteiger partial charge on any atom is 0.272 e. The number of amides is 1. The SMILES string of the molecule is Cc1nc(Nc2nc(-c3ccc4[nH][nH]c(=O)c4c3C(N)=O)nc3ccccc23)n[nH]1. The molecule has 5 rings (SSSR count). The smallest absolute Gasteiger partial charge is 0.272 e. The van der Waals surface area contributed by atoms with Crippen LogP contribution in [0.3, 0.4) is 0 Å². The fourth-order valence-corrected chi connectivity index (χ4v) is 3.37. The lowest BCUT2D eigenvalue weighted by Crippen LogP contribution is -2.16. The van der Waals surface area contributed by atoms with Crippen LogP contribution in [0.2, 0.25) is 0 Å². The zero-order chi connectivity index (χ0) is 20.8. The van der Waals surface area contributed by atoms with Crippen LogP contribution < -0.4 is 16.6 Å². The molecule has 1 amide bonds. The van der Waals surface area contributed by atoms with Crippen molar-refractivity contribution in [3.8, 4) is 11.4 Å². The number of aromatic amines is 3. The zero-order valence-corrected chi connectivity index (χ0v) is 15.6. The highest BCUT2D eigenvalue weighted by Crippen LogP contribution is 2.30. The van der Waals surface area contributed by atoms with Crippen LogP contribution >= 0.6 is 0 Å². The standard InChI is InChI=1S/C19H15N9O2/c1-8-21-19(28-25-8)24-16-9-4-2-3-5-11(9)22-17(23-16)10-6-7-12-14(13(10)15(20)29)18(30)27-26-12/h2-7H,1H3,(H2,20,29)(H2,26,27,30)(H2,21,22,23,24,25,28). The van der Waals surface area contributed by atoms with Crippen LogP contribution in [0, 0.1) is 6.92 Å². The minimum Gasteiger partial charge on any atom is -0.366 e. The van der Waals surface area contributed by atoms with Gasteiger partial charge in [-0.1, -0.05) is 12.1 Å². The monoisotopic (exact) mass is 401 g/mol. The Morgan fingerprint density at radius 2 is 1.90 bits per heavy atom. The Morgan fingerprint density at radius 3 is 2.67 bits per heavy atom. The van der Waals surface area contributed by atoms with E-state index in [0.717, 1.165) is 5.39 Å². The number of primary amides is 1. The summed E-state index contributed by atoms with van der Waals surface area (Å²) in [4.78, 5) is 37.9. The van der Waals surface area contributed by atoms with Gasteiger partial charge in [0, 0.05) is 10.9 Å². The van der Waals surface area contributed by atoms with Crippen molar-refractivity contribution >= 4 is 39.5 Å². The Kier molecular flexibility index (Phi) is 3.81. The first-order valence-corrected chi connectivity index (χ1v) is 8.97. The molecule has 2 aromatic carbocycles. The Labute approximate surface area is 167 Å². The number of aryl methyl sites for hydroxylation is 1. The number of H-pyrrole nitrogens is 3. The van der Waals surface area contributed by atoms with Gasteiger partial charge in [-0.15, -0.1) is 5.10 Å². The number of hydrogen-bond acceptors (Lipinski definition) is 7. The van der Waals surface area contributed by atoms with E-state index in [-0.39, 0.29) is 16.8 Å². The fourth-order valence-electron chi connectivity index (χ4n) is 3.37. The first-order chi connectivity index (χ1) is 14.5. The predicted octanol–water partition coefficient (Wildman–Crippen LogP) is 1.74. The van der Waals surface area contributed by atoms with Gasteiger partial charge in [0.15, 0.2) is 5.82 Å². The van der Waals surface area contributed by atoms with Crippen LogP contribution in [0.1, 0.15) is 16.2 Å². The third-order valence-corrected chi connectivity index (χ3v) is 4.66. The molecule has 11 nitrogen and oxygen atoms in total. The molecule has 0 aliphatic heterocycles. The Balaban J connectivity index is 1.78. The molecule has 148 valence electrons. The van der Waals surface area contributed by atoms with Crippen LogP contribution in [0.25, 0.3) is 33.2 Å². The summed E-state index contributed by atoms with van der Waals surface area (Å²) >= 11 is 0. The molecule has 0 fully saturated rings. The van der Waals surface area contributed by atoms with E-state index in [0.29, 0.717) is 34.2 Å². The molecule has 11 heteroatoms. The molecule has 0 aliphatic rings. The van der Waals surface area contributed by atoms with Crippen molar-refractivity contribution in [2.75, 3.05) is 5.32 Å². The first kappa shape index (κ1) is 17.6. The molecule has 0 saturated heterocycles. The molecule has 0 unspecified atom stereocenters. The summed E-state index contributed by atoms with van der Waals surface area (Å²) in [6, 6.07) is 10.7. The summed E-state index contributed by atoms with van der Waals surface area (Å²) in [5, 5.41) is 16.0. The maximum atomic E-state index is 12.3. The van der Waals surface area contributed by atoms with Crippen molar-refractivity contribution in [2.45, 2.75) is 6.92 Å². The normalized spacial score (nSPS) is 11.2. The van der Waals surface area contributed by atoms with Gasteiger partial charge in [0.1, 0.15) is 11.6 Å². The van der Waals surface area contributed by atoms with Gasteiger partial charge in [0.25, 0.3) is 5.56 Å². The molecule has 5 aromatic rings. The second kappa shape index (κ2) is 6.51. The Morgan fingerprint density at radius 1 is 1.07 bits per heavy atom. The lowest BCUT2D eigenvalue weighted by Gasteiger charge is -2.11. The fraction of sp³-hybridized carbons (Fsp3) is 0.0526. The number of aromatic nitrogens is 7. The molecule has 0 spiro atoms. The van der Waals surface area contributed by atoms with Gasteiger partial charge in [0.2, 0.25) is 11.9 Å². The van der Waals surface area contributed by atoms with Gasteiger partial charge in [-0.2, -0.15) is 4.98 Å². The molecular formula is C19H15N9O2. The minimum absolute atomic E-state index is 0.0463. The van der Waals surface area contributed by atoms with Crippen LogP contribution in [0.5, 0.6) is 0 Å². The molecule has 0 aliphatic carbocycles. The summed E-state index contributed by atoms with van der Waals surface area (Å²) in [6.45, 7) is 1.78. The van der Waals surface area contributed by atoms with E-state index in [1.807, 2.05) is 24.3 Å². The van der Waals surface area contributed by atoms with Crippen LogP contribution in [0.4, 0.5) is 11.8 Å². The van der Waals surface area contributed by atoms with E-state index in [1.165, 1.54) is 0 Å². The lowest BCUT2D eigenvalue weighted by atomic mass is 10.0. The predicted molar refractivity (Wildman–Crippen MR) is 110 cm³/mol. The van der Waals surface area contributed by atoms with Crippen LogP contribution in [-0.2, 0) is 0 Å². The van der Waals surface area contributed by atoms with E-state index >= 15 is 0 Å². The summed E-state index contributed by atoms with van der Waals surface area (Å²) in [6.07, 6.45) is 0. The molecule has 30 heavy (non-hydrogen) atoms. The number of nitrogens with zero attached hydrogens (tertiary/aromatic N) is 4. The number of fused-ring (bicyclic) bond motifs is 2. The second-order valence-electron chi connectivity index (χ2n) is 6.64. The van der Waals surface area contributed by atoms with E-state index in [2.05, 4.69) is 40.7 Å². The molecular weight excluding hydrogens is 386 g/mol. The quantitative estimate of drug-likeness (QED) is 0.305. The highest BCUT2D eigenvalue weighted by atomic mass is 16.1. The van der Waals surface area contributed by atoms with Gasteiger partial charge >= 0.3 is 0 Å². The molecule has 6 N–H and O–H groups in total. The average Bonchev–Trinajstić information content (AvgIpc) is 3.32. The third-order valence-electron chi connectivity index (χ3n) is 4.66. The van der Waals surface area contributed by atoms with E-state index in [4.69, 9.17) is 5.73 Å². The molecule has 0 radical (unpaired) electrons. The maximum absolute atomic E-state index is 12.3. The molecule has 3 aromatic heterocycles. The lowest BCUT2D eigenvalue weighted by molar-refractivity contribution is 0.100. The molecule has 0 bridgehead atoms. The summed E-state index contributed by atoms with van der Waals surface area (Å²) in [7, 11) is 0. The van der Waals surface area contributed by atoms with E-state index in [9.17, 15) is 9.59 Å². The van der Waals surface area contributed by atoms with Gasteiger partial charge in [-0.25, -0.2) is 9.97 Å². The van der Waals surface area contributed by atoms with Crippen molar-refractivity contribution in [3.05, 3.63) is 58.1 Å². The highest BCUT2D eigenvalue weighted by Gasteiger charge is 2.21. The number of nitrogens with one attached hydrogen (secondary N) is 4. The van der Waals surface area contributed by atoms with Gasteiger partial charge < -0.3 is 11.1 Å². The van der Waals surface area contributed by atoms with Crippen LogP contribution in [-0.4, -0.2) is 41.3 Å². The van der Waals surface area contributed by atoms with Crippen LogP contribution in [0.15, 0.2) is 41.2 Å². The number of hydrogen-bond donors (Lipinski definition) is 5. The Hall–Kier alpha value is -4.54. The van der Waals surface area contributed by atoms with E-state index < -0.39 is 11.5 Å². The van der Waals surface area contributed by atoms with Gasteiger partial charge in [-0.05, 0) is 31.2 Å². The van der Waals surface area contributed by atoms with Crippen molar-refractivity contribution in [1.82, 2.24) is 35.3 Å². The average molecular weight is 401 g/mol. The summed E-state index contributed by atoms with van der Waals surface area (Å²) in [5.74, 6) is 0.920. The van der Waals surface area contributed by atoms with Crippen molar-refractivity contribution in [2.24, 2.45) is 5.73 Å². The van der Waals surface area contributed by atoms with Crippen molar-refractivity contribution in [1.29, 1.82) is 0 Å². The third kappa shape index (κ3) is 2.76. The van der Waals surface area contributed by atoms with Gasteiger partial charge in [0.05, 0.1) is 22.0 Å². The van der Waals surface area contributed by atoms with Crippen molar-refractivity contribution in [3.63, 3.8) is 0 Å². The number of rotatable bonds is 4. The summed E-state index contributed by atoms with van der Waals surface area (Å²) in [5.41, 5.74) is 6.67. The number of nitrogens with two attached hydrogens (primary N) is 1. The zero-order valence-electron chi connectivity index (χ0n) is 15.6. The first-order valence-electron chi connectivity index (χ1n) is 8.97. The molecule has 0 saturated carbocycles. The van der Waals surface area contributed by atoms with Gasteiger partial charge in [-0.3, -0.25) is 24.9 Å². The van der Waals surface area contributed by atoms with Crippen molar-refractivity contribution < 1.29 is 4.79 Å². The summed E-state index contributed by atoms with van der Waals surface area (Å²) < 4.78 is 0. The number of carbonyl (C=O) groups is 1. The number of carbonyl (C=O) groups excluding carboxylic acids is 1. The van der Waals surface area contributed by atoms with E-state index in [1.54, 1.807) is 19.1 Å². The Bertz CT molecular complexity index is 1500. The topological polar surface area (TPSA) is 171 Å².